The molecule has 0 spiro atoms. The molecule has 3 nitrogen and oxygen atoms in total. The minimum atomic E-state index is 0.530. The van der Waals surface area contributed by atoms with Crippen LogP contribution in [-0.2, 0) is 11.3 Å². The molecule has 0 amide bonds. The fraction of sp³-hybridized carbons (Fsp3) is 0.286. The molecule has 1 aromatic heterocycles. The van der Waals surface area contributed by atoms with Gasteiger partial charge in [-0.25, -0.2) is 0 Å². The van der Waals surface area contributed by atoms with Crippen molar-refractivity contribution < 1.29 is 9.15 Å². The van der Waals surface area contributed by atoms with Crippen molar-refractivity contribution in [2.45, 2.75) is 13.5 Å². The van der Waals surface area contributed by atoms with Gasteiger partial charge in [-0.15, -0.1) is 0 Å². The minimum absolute atomic E-state index is 0.530. The van der Waals surface area contributed by atoms with Crippen LogP contribution in [0.4, 0.5) is 5.69 Å². The van der Waals surface area contributed by atoms with E-state index in [1.165, 1.54) is 5.56 Å². The van der Waals surface area contributed by atoms with E-state index in [2.05, 4.69) is 30.4 Å². The van der Waals surface area contributed by atoms with E-state index in [1.54, 1.807) is 6.26 Å². The quantitative estimate of drug-likeness (QED) is 0.775. The van der Waals surface area contributed by atoms with Gasteiger partial charge in [-0.05, 0) is 36.8 Å². The average molecular weight is 231 g/mol. The second-order valence-corrected chi connectivity index (χ2v) is 3.93. The number of rotatable bonds is 6. The number of furan rings is 1. The summed E-state index contributed by atoms with van der Waals surface area (Å²) in [7, 11) is 0. The first kappa shape index (κ1) is 11.7. The molecular formula is C14H17NO2. The predicted molar refractivity (Wildman–Crippen MR) is 68.0 cm³/mol. The minimum Gasteiger partial charge on any atom is -0.467 e. The summed E-state index contributed by atoms with van der Waals surface area (Å²) < 4.78 is 10.6. The van der Waals surface area contributed by atoms with Gasteiger partial charge in [-0.2, -0.15) is 0 Å². The molecule has 0 aliphatic heterocycles. The Bertz CT molecular complexity index is 437. The molecule has 0 radical (unpaired) electrons. The van der Waals surface area contributed by atoms with Gasteiger partial charge in [-0.1, -0.05) is 12.1 Å². The Morgan fingerprint density at radius 3 is 2.94 bits per heavy atom. The zero-order valence-corrected chi connectivity index (χ0v) is 9.98. The number of hydrogen-bond donors (Lipinski definition) is 1. The summed E-state index contributed by atoms with van der Waals surface area (Å²) >= 11 is 0. The molecule has 1 heterocycles. The maximum Gasteiger partial charge on any atom is 0.129 e. The molecule has 0 atom stereocenters. The molecule has 0 aliphatic carbocycles. The average Bonchev–Trinajstić information content (AvgIpc) is 2.82. The summed E-state index contributed by atoms with van der Waals surface area (Å²) in [4.78, 5) is 0. The summed E-state index contributed by atoms with van der Waals surface area (Å²) in [6.07, 6.45) is 1.66. The summed E-state index contributed by atoms with van der Waals surface area (Å²) in [5, 5.41) is 3.31. The van der Waals surface area contributed by atoms with E-state index in [0.29, 0.717) is 13.2 Å². The van der Waals surface area contributed by atoms with Gasteiger partial charge in [0.25, 0.3) is 0 Å². The molecule has 1 N–H and O–H groups in total. The second-order valence-electron chi connectivity index (χ2n) is 3.93. The van der Waals surface area contributed by atoms with Crippen molar-refractivity contribution in [2.24, 2.45) is 0 Å². The van der Waals surface area contributed by atoms with Crippen LogP contribution < -0.4 is 5.32 Å². The van der Waals surface area contributed by atoms with Crippen LogP contribution in [0.25, 0.3) is 0 Å². The van der Waals surface area contributed by atoms with Gasteiger partial charge in [0, 0.05) is 12.2 Å². The van der Waals surface area contributed by atoms with Crippen molar-refractivity contribution in [3.05, 3.63) is 54.0 Å². The fourth-order valence-corrected chi connectivity index (χ4v) is 1.59. The van der Waals surface area contributed by atoms with Crippen LogP contribution in [0.1, 0.15) is 11.3 Å². The molecule has 0 fully saturated rings. The lowest BCUT2D eigenvalue weighted by Gasteiger charge is -2.07. The van der Waals surface area contributed by atoms with E-state index in [9.17, 15) is 0 Å². The second kappa shape index (κ2) is 6.11. The van der Waals surface area contributed by atoms with Crippen LogP contribution in [0.5, 0.6) is 0 Å². The normalized spacial score (nSPS) is 10.4. The predicted octanol–water partition coefficient (Wildman–Crippen LogP) is 3.22. The highest BCUT2D eigenvalue weighted by molar-refractivity contribution is 5.45. The Morgan fingerprint density at radius 1 is 1.24 bits per heavy atom. The van der Waals surface area contributed by atoms with Gasteiger partial charge in [-0.3, -0.25) is 0 Å². The highest BCUT2D eigenvalue weighted by Crippen LogP contribution is 2.08. The van der Waals surface area contributed by atoms with Crippen molar-refractivity contribution in [1.82, 2.24) is 0 Å². The molecule has 2 rings (SSSR count). The van der Waals surface area contributed by atoms with Crippen LogP contribution in [0, 0.1) is 6.92 Å². The summed E-state index contributed by atoms with van der Waals surface area (Å²) in [5.74, 6) is 0.862. The van der Waals surface area contributed by atoms with Gasteiger partial charge in [0.1, 0.15) is 12.4 Å². The molecule has 3 heteroatoms. The van der Waals surface area contributed by atoms with E-state index in [-0.39, 0.29) is 0 Å². The molecule has 0 bridgehead atoms. The molecule has 0 unspecified atom stereocenters. The Kier molecular flexibility index (Phi) is 4.22. The standard InChI is InChI=1S/C14H17NO2/c1-12-4-2-5-13(10-12)15-7-9-16-11-14-6-3-8-17-14/h2-6,8,10,15H,7,9,11H2,1H3. The molecular weight excluding hydrogens is 214 g/mol. The molecule has 0 aliphatic rings. The van der Waals surface area contributed by atoms with Crippen molar-refractivity contribution in [2.75, 3.05) is 18.5 Å². The summed E-state index contributed by atoms with van der Waals surface area (Å²) in [6.45, 7) is 4.07. The van der Waals surface area contributed by atoms with Crippen molar-refractivity contribution in [3.63, 3.8) is 0 Å². The zero-order valence-electron chi connectivity index (χ0n) is 9.98. The van der Waals surface area contributed by atoms with Gasteiger partial charge in [0.2, 0.25) is 0 Å². The number of anilines is 1. The number of aryl methyl sites for hydroxylation is 1. The van der Waals surface area contributed by atoms with E-state index >= 15 is 0 Å². The zero-order chi connectivity index (χ0) is 11.9. The Hall–Kier alpha value is -1.74. The van der Waals surface area contributed by atoms with Crippen LogP contribution in [0.3, 0.4) is 0 Å². The SMILES string of the molecule is Cc1cccc(NCCOCc2ccco2)c1. The molecule has 17 heavy (non-hydrogen) atoms. The molecule has 1 aromatic carbocycles. The van der Waals surface area contributed by atoms with E-state index in [4.69, 9.17) is 9.15 Å². The van der Waals surface area contributed by atoms with Gasteiger partial charge >= 0.3 is 0 Å². The van der Waals surface area contributed by atoms with E-state index < -0.39 is 0 Å². The highest BCUT2D eigenvalue weighted by atomic mass is 16.5. The van der Waals surface area contributed by atoms with Gasteiger partial charge in [0.05, 0.1) is 12.9 Å². The van der Waals surface area contributed by atoms with E-state index in [1.807, 2.05) is 18.2 Å². The molecule has 2 aromatic rings. The first-order valence-corrected chi connectivity index (χ1v) is 5.75. The highest BCUT2D eigenvalue weighted by Gasteiger charge is 1.95. The Balaban J connectivity index is 1.63. The first-order valence-electron chi connectivity index (χ1n) is 5.75. The molecule has 90 valence electrons. The first-order chi connectivity index (χ1) is 8.34. The Labute approximate surface area is 101 Å². The number of hydrogen-bond acceptors (Lipinski definition) is 3. The third-order valence-corrected chi connectivity index (χ3v) is 2.42. The summed E-state index contributed by atoms with van der Waals surface area (Å²) in [5.41, 5.74) is 2.39. The van der Waals surface area contributed by atoms with E-state index in [0.717, 1.165) is 18.0 Å². The lowest BCUT2D eigenvalue weighted by Crippen LogP contribution is -2.09. The molecule has 0 saturated heterocycles. The van der Waals surface area contributed by atoms with Gasteiger partial charge in [0.15, 0.2) is 0 Å². The lowest BCUT2D eigenvalue weighted by atomic mass is 10.2. The number of nitrogens with one attached hydrogen (secondary N) is 1. The summed E-state index contributed by atoms with van der Waals surface area (Å²) in [6, 6.07) is 12.1. The van der Waals surface area contributed by atoms with Crippen LogP contribution >= 0.6 is 0 Å². The van der Waals surface area contributed by atoms with Crippen LogP contribution in [0.15, 0.2) is 47.1 Å². The largest absolute Gasteiger partial charge is 0.467 e. The maximum atomic E-state index is 5.47. The van der Waals surface area contributed by atoms with Gasteiger partial charge < -0.3 is 14.5 Å². The van der Waals surface area contributed by atoms with Crippen molar-refractivity contribution >= 4 is 5.69 Å². The van der Waals surface area contributed by atoms with Crippen molar-refractivity contribution in [3.8, 4) is 0 Å². The maximum absolute atomic E-state index is 5.47. The van der Waals surface area contributed by atoms with Crippen LogP contribution in [0.2, 0.25) is 0 Å². The van der Waals surface area contributed by atoms with Crippen LogP contribution in [-0.4, -0.2) is 13.2 Å². The third kappa shape index (κ3) is 3.96. The fourth-order valence-electron chi connectivity index (χ4n) is 1.59. The van der Waals surface area contributed by atoms with Crippen molar-refractivity contribution in [1.29, 1.82) is 0 Å². The smallest absolute Gasteiger partial charge is 0.129 e. The topological polar surface area (TPSA) is 34.4 Å². The monoisotopic (exact) mass is 231 g/mol. The Morgan fingerprint density at radius 2 is 2.18 bits per heavy atom. The molecule has 0 saturated carbocycles. The number of benzene rings is 1. The third-order valence-electron chi connectivity index (χ3n) is 2.42. The number of ether oxygens (including phenoxy) is 1. The lowest BCUT2D eigenvalue weighted by molar-refractivity contribution is 0.115.